The second-order valence-corrected chi connectivity index (χ2v) is 5.68. The highest BCUT2D eigenvalue weighted by Gasteiger charge is 2.18. The average molecular weight is 292 g/mol. The Hall–Kier alpha value is -2.40. The van der Waals surface area contributed by atoms with Crippen LogP contribution in [0.15, 0.2) is 48.5 Å². The molecule has 1 fully saturated rings. The summed E-state index contributed by atoms with van der Waals surface area (Å²) in [6, 6.07) is 15.8. The van der Waals surface area contributed by atoms with Crippen LogP contribution in [0.3, 0.4) is 0 Å². The lowest BCUT2D eigenvalue weighted by Crippen LogP contribution is -2.19. The fourth-order valence-corrected chi connectivity index (χ4v) is 2.45. The summed E-state index contributed by atoms with van der Waals surface area (Å²) in [7, 11) is 0. The minimum atomic E-state index is 0.535. The van der Waals surface area contributed by atoms with E-state index in [1.165, 1.54) is 19.3 Å². The van der Waals surface area contributed by atoms with E-state index in [2.05, 4.69) is 5.92 Å². The summed E-state index contributed by atoms with van der Waals surface area (Å²) in [6.07, 6.45) is 9.45. The molecule has 0 aliphatic heterocycles. The maximum atomic E-state index is 5.85. The lowest BCUT2D eigenvalue weighted by Gasteiger charge is -2.25. The van der Waals surface area contributed by atoms with Crippen LogP contribution in [0, 0.1) is 18.3 Å². The summed E-state index contributed by atoms with van der Waals surface area (Å²) < 4.78 is 11.6. The predicted octanol–water partition coefficient (Wildman–Crippen LogP) is 4.43. The minimum Gasteiger partial charge on any atom is -0.492 e. The Labute approximate surface area is 132 Å². The van der Waals surface area contributed by atoms with Gasteiger partial charge in [-0.1, -0.05) is 42.7 Å². The molecule has 0 aromatic heterocycles. The van der Waals surface area contributed by atoms with Gasteiger partial charge in [0.25, 0.3) is 0 Å². The molecule has 0 saturated heterocycles. The Morgan fingerprint density at radius 2 is 1.86 bits per heavy atom. The first kappa shape index (κ1) is 14.5. The van der Waals surface area contributed by atoms with Crippen LogP contribution in [-0.2, 0) is 6.61 Å². The van der Waals surface area contributed by atoms with Gasteiger partial charge in [-0.3, -0.25) is 0 Å². The fourth-order valence-electron chi connectivity index (χ4n) is 2.45. The van der Waals surface area contributed by atoms with Gasteiger partial charge in [0.2, 0.25) is 0 Å². The molecule has 2 heteroatoms. The van der Waals surface area contributed by atoms with Crippen LogP contribution in [0.4, 0.5) is 0 Å². The van der Waals surface area contributed by atoms with Gasteiger partial charge in [0.15, 0.2) is 0 Å². The van der Waals surface area contributed by atoms with E-state index in [9.17, 15) is 0 Å². The van der Waals surface area contributed by atoms with E-state index in [0.717, 1.165) is 29.2 Å². The molecule has 2 aromatic carbocycles. The molecule has 0 amide bonds. The molecule has 0 bridgehead atoms. The van der Waals surface area contributed by atoms with E-state index in [1.807, 2.05) is 48.5 Å². The lowest BCUT2D eigenvalue weighted by molar-refractivity contribution is 0.180. The molecule has 1 aliphatic rings. The number of rotatable bonds is 6. The van der Waals surface area contributed by atoms with E-state index in [4.69, 9.17) is 15.9 Å². The molecule has 0 radical (unpaired) electrons. The van der Waals surface area contributed by atoms with Crippen molar-refractivity contribution in [1.29, 1.82) is 0 Å². The molecule has 2 aromatic rings. The molecule has 1 saturated carbocycles. The Bertz CT molecular complexity index is 651. The predicted molar refractivity (Wildman–Crippen MR) is 88.0 cm³/mol. The minimum absolute atomic E-state index is 0.535. The lowest BCUT2D eigenvalue weighted by atomic mass is 9.86. The van der Waals surface area contributed by atoms with Gasteiger partial charge in [-0.25, -0.2) is 0 Å². The van der Waals surface area contributed by atoms with Crippen LogP contribution in [0.1, 0.15) is 30.4 Å². The first-order valence-corrected chi connectivity index (χ1v) is 7.75. The summed E-state index contributed by atoms with van der Waals surface area (Å²) >= 11 is 0. The second kappa shape index (κ2) is 7.04. The third-order valence-corrected chi connectivity index (χ3v) is 4.05. The maximum absolute atomic E-state index is 5.85. The summed E-state index contributed by atoms with van der Waals surface area (Å²) in [5, 5.41) is 0. The fraction of sp³-hybridized carbons (Fsp3) is 0.300. The van der Waals surface area contributed by atoms with E-state index < -0.39 is 0 Å². The number of ether oxygens (including phenoxy) is 2. The van der Waals surface area contributed by atoms with Crippen LogP contribution in [-0.4, -0.2) is 6.61 Å². The normalized spacial score (nSPS) is 14.0. The number of terminal acetylenes is 1. The summed E-state index contributed by atoms with van der Waals surface area (Å²) in [6.45, 7) is 1.30. The number of benzene rings is 2. The smallest absolute Gasteiger partial charge is 0.135 e. The number of hydrogen-bond acceptors (Lipinski definition) is 2. The van der Waals surface area contributed by atoms with Gasteiger partial charge < -0.3 is 9.47 Å². The van der Waals surface area contributed by atoms with Crippen molar-refractivity contribution >= 4 is 0 Å². The van der Waals surface area contributed by atoms with Crippen LogP contribution in [0.2, 0.25) is 0 Å². The largest absolute Gasteiger partial charge is 0.492 e. The highest BCUT2D eigenvalue weighted by Crippen LogP contribution is 2.29. The molecule has 112 valence electrons. The topological polar surface area (TPSA) is 18.5 Å². The molecular formula is C20H20O2. The average Bonchev–Trinajstić information content (AvgIpc) is 2.53. The van der Waals surface area contributed by atoms with Gasteiger partial charge >= 0.3 is 0 Å². The molecule has 0 N–H and O–H groups in total. The van der Waals surface area contributed by atoms with Crippen molar-refractivity contribution in [3.8, 4) is 23.8 Å². The summed E-state index contributed by atoms with van der Waals surface area (Å²) in [5.74, 6) is 4.93. The quantitative estimate of drug-likeness (QED) is 0.733. The van der Waals surface area contributed by atoms with E-state index in [-0.39, 0.29) is 0 Å². The van der Waals surface area contributed by atoms with Crippen molar-refractivity contribution in [2.45, 2.75) is 25.9 Å². The molecule has 2 nitrogen and oxygen atoms in total. The van der Waals surface area contributed by atoms with Crippen molar-refractivity contribution in [2.75, 3.05) is 6.61 Å². The molecule has 0 spiro atoms. The van der Waals surface area contributed by atoms with Crippen LogP contribution in [0.25, 0.3) is 0 Å². The van der Waals surface area contributed by atoms with E-state index >= 15 is 0 Å². The third-order valence-electron chi connectivity index (χ3n) is 4.05. The molecule has 0 unspecified atom stereocenters. The van der Waals surface area contributed by atoms with Crippen molar-refractivity contribution in [1.82, 2.24) is 0 Å². The van der Waals surface area contributed by atoms with Crippen LogP contribution in [0.5, 0.6) is 11.5 Å². The Morgan fingerprint density at radius 3 is 2.55 bits per heavy atom. The van der Waals surface area contributed by atoms with Gasteiger partial charge in [0.1, 0.15) is 18.1 Å². The third kappa shape index (κ3) is 3.62. The molecule has 22 heavy (non-hydrogen) atoms. The monoisotopic (exact) mass is 292 g/mol. The van der Waals surface area contributed by atoms with Crippen LogP contribution >= 0.6 is 0 Å². The molecular weight excluding hydrogens is 272 g/mol. The van der Waals surface area contributed by atoms with Crippen LogP contribution < -0.4 is 9.47 Å². The van der Waals surface area contributed by atoms with Gasteiger partial charge in [-0.05, 0) is 42.5 Å². The second-order valence-electron chi connectivity index (χ2n) is 5.68. The SMILES string of the molecule is C#Cc1cc(OCc2ccccc2)ccc1OCC1CCC1. The van der Waals surface area contributed by atoms with Gasteiger partial charge in [-0.15, -0.1) is 6.42 Å². The molecule has 1 aliphatic carbocycles. The van der Waals surface area contributed by atoms with Gasteiger partial charge in [0.05, 0.1) is 12.2 Å². The molecule has 0 atom stereocenters. The zero-order valence-electron chi connectivity index (χ0n) is 12.6. The first-order chi connectivity index (χ1) is 10.8. The van der Waals surface area contributed by atoms with Gasteiger partial charge in [0, 0.05) is 0 Å². The summed E-state index contributed by atoms with van der Waals surface area (Å²) in [4.78, 5) is 0. The maximum Gasteiger partial charge on any atom is 0.135 e. The van der Waals surface area contributed by atoms with Gasteiger partial charge in [-0.2, -0.15) is 0 Å². The van der Waals surface area contributed by atoms with Crippen molar-refractivity contribution < 1.29 is 9.47 Å². The Kier molecular flexibility index (Phi) is 4.65. The Balaban J connectivity index is 1.62. The molecule has 0 heterocycles. The van der Waals surface area contributed by atoms with Crippen molar-refractivity contribution in [2.24, 2.45) is 5.92 Å². The summed E-state index contributed by atoms with van der Waals surface area (Å²) in [5.41, 5.74) is 1.89. The van der Waals surface area contributed by atoms with E-state index in [1.54, 1.807) is 0 Å². The first-order valence-electron chi connectivity index (χ1n) is 7.75. The zero-order chi connectivity index (χ0) is 15.2. The van der Waals surface area contributed by atoms with Crippen molar-refractivity contribution in [3.05, 3.63) is 59.7 Å². The number of hydrogen-bond donors (Lipinski definition) is 0. The molecule has 3 rings (SSSR count). The zero-order valence-corrected chi connectivity index (χ0v) is 12.6. The standard InChI is InChI=1S/C20H20O2/c1-2-18-13-19(21-14-16-7-4-3-5-8-16)11-12-20(18)22-15-17-9-6-10-17/h1,3-5,7-8,11-13,17H,6,9-10,14-15H2. The Morgan fingerprint density at radius 1 is 1.05 bits per heavy atom. The van der Waals surface area contributed by atoms with E-state index in [0.29, 0.717) is 12.5 Å². The highest BCUT2D eigenvalue weighted by atomic mass is 16.5. The van der Waals surface area contributed by atoms with Crippen molar-refractivity contribution in [3.63, 3.8) is 0 Å². The highest BCUT2D eigenvalue weighted by molar-refractivity contribution is 5.49.